The first-order valence-corrected chi connectivity index (χ1v) is 8.98. The van der Waals surface area contributed by atoms with Gasteiger partial charge in [-0.15, -0.1) is 4.91 Å². The molecule has 6 nitrogen and oxygen atoms in total. The predicted octanol–water partition coefficient (Wildman–Crippen LogP) is 3.86. The second-order valence-electron chi connectivity index (χ2n) is 6.07. The van der Waals surface area contributed by atoms with Crippen LogP contribution in [0.3, 0.4) is 0 Å². The van der Waals surface area contributed by atoms with E-state index < -0.39 is 0 Å². The quantitative estimate of drug-likeness (QED) is 0.512. The number of fused-ring (bicyclic) bond motifs is 1. The minimum absolute atomic E-state index is 0.0355. The van der Waals surface area contributed by atoms with E-state index in [1.807, 2.05) is 13.0 Å². The molecule has 0 aliphatic rings. The van der Waals surface area contributed by atoms with E-state index in [0.717, 1.165) is 42.5 Å². The van der Waals surface area contributed by atoms with Gasteiger partial charge in [-0.3, -0.25) is 4.98 Å². The molecule has 0 saturated heterocycles. The number of pyridine rings is 1. The average molecular weight is 365 g/mol. The Morgan fingerprint density at radius 2 is 2.12 bits per heavy atom. The maximum absolute atomic E-state index is 11.5. The maximum Gasteiger partial charge on any atom is 0.0738 e. The zero-order valence-corrected chi connectivity index (χ0v) is 15.5. The van der Waals surface area contributed by atoms with Crippen molar-refractivity contribution in [2.45, 2.75) is 32.7 Å². The van der Waals surface area contributed by atoms with Crippen molar-refractivity contribution in [1.82, 2.24) is 9.88 Å². The average Bonchev–Trinajstić information content (AvgIpc) is 2.61. The third kappa shape index (κ3) is 5.11. The van der Waals surface area contributed by atoms with Crippen molar-refractivity contribution >= 4 is 28.2 Å². The predicted molar refractivity (Wildman–Crippen MR) is 103 cm³/mol. The van der Waals surface area contributed by atoms with E-state index in [4.69, 9.17) is 16.7 Å². The molecule has 1 atom stereocenters. The van der Waals surface area contributed by atoms with Crippen LogP contribution in [-0.4, -0.2) is 47.3 Å². The lowest BCUT2D eigenvalue weighted by Crippen LogP contribution is -2.31. The Bertz CT molecular complexity index is 698. The van der Waals surface area contributed by atoms with Crippen LogP contribution in [0.4, 0.5) is 5.69 Å². The number of aliphatic hydroxyl groups is 1. The molecule has 0 fully saturated rings. The van der Waals surface area contributed by atoms with Crippen molar-refractivity contribution in [3.05, 3.63) is 40.4 Å². The molecule has 0 aliphatic carbocycles. The van der Waals surface area contributed by atoms with Gasteiger partial charge in [0.2, 0.25) is 0 Å². The molecule has 0 radical (unpaired) electrons. The van der Waals surface area contributed by atoms with Crippen LogP contribution in [0.1, 0.15) is 26.7 Å². The lowest BCUT2D eigenvalue weighted by atomic mass is 10.1. The van der Waals surface area contributed by atoms with Crippen LogP contribution in [0.5, 0.6) is 0 Å². The van der Waals surface area contributed by atoms with Crippen LogP contribution in [0.2, 0.25) is 5.02 Å². The highest BCUT2D eigenvalue weighted by Gasteiger charge is 2.18. The molecule has 7 heteroatoms. The summed E-state index contributed by atoms with van der Waals surface area (Å²) in [5.41, 5.74) is 1.48. The van der Waals surface area contributed by atoms with E-state index in [2.05, 4.69) is 22.1 Å². The first-order chi connectivity index (χ1) is 12.1. The van der Waals surface area contributed by atoms with Gasteiger partial charge in [-0.2, -0.15) is 0 Å². The van der Waals surface area contributed by atoms with Gasteiger partial charge in [-0.05, 0) is 57.1 Å². The minimum Gasteiger partial charge on any atom is -0.395 e. The lowest BCUT2D eigenvalue weighted by molar-refractivity contribution is 0.199. The zero-order valence-electron chi connectivity index (χ0n) is 14.7. The first-order valence-electron chi connectivity index (χ1n) is 8.60. The summed E-state index contributed by atoms with van der Waals surface area (Å²) in [6, 6.07) is 7.20. The smallest absolute Gasteiger partial charge is 0.0738 e. The van der Waals surface area contributed by atoms with Crippen LogP contribution in [0.25, 0.3) is 10.9 Å². The van der Waals surface area contributed by atoms with Crippen LogP contribution >= 0.6 is 11.6 Å². The Kier molecular flexibility index (Phi) is 7.55. The summed E-state index contributed by atoms with van der Waals surface area (Å²) in [6.07, 6.45) is 3.42. The van der Waals surface area contributed by atoms with E-state index in [9.17, 15) is 4.91 Å². The molecule has 0 bridgehead atoms. The number of hydrogen-bond acceptors (Lipinski definition) is 5. The van der Waals surface area contributed by atoms with Gasteiger partial charge in [0, 0.05) is 23.2 Å². The largest absolute Gasteiger partial charge is 0.395 e. The molecule has 1 heterocycles. The molecule has 1 N–H and O–H groups in total. The highest BCUT2D eigenvalue weighted by atomic mass is 35.5. The van der Waals surface area contributed by atoms with Crippen molar-refractivity contribution in [2.24, 2.45) is 5.29 Å². The summed E-state index contributed by atoms with van der Waals surface area (Å²) >= 11 is 6.02. The SMILES string of the molecule is CCN(CCO)CCCC(C)N(N=O)c1ccnc2cc(Cl)ccc12. The van der Waals surface area contributed by atoms with E-state index in [0.29, 0.717) is 11.6 Å². The van der Waals surface area contributed by atoms with Crippen LogP contribution < -0.4 is 5.01 Å². The Morgan fingerprint density at radius 1 is 1.32 bits per heavy atom. The lowest BCUT2D eigenvalue weighted by Gasteiger charge is -2.25. The summed E-state index contributed by atoms with van der Waals surface area (Å²) in [6.45, 7) is 6.70. The van der Waals surface area contributed by atoms with Gasteiger partial charge in [0.25, 0.3) is 0 Å². The number of aromatic nitrogens is 1. The van der Waals surface area contributed by atoms with Gasteiger partial charge in [0.15, 0.2) is 0 Å². The highest BCUT2D eigenvalue weighted by molar-refractivity contribution is 6.31. The normalized spacial score (nSPS) is 12.5. The number of likely N-dealkylation sites (N-methyl/N-ethyl adjacent to an activating group) is 1. The van der Waals surface area contributed by atoms with Gasteiger partial charge in [-0.1, -0.05) is 18.5 Å². The molecule has 136 valence electrons. The van der Waals surface area contributed by atoms with Gasteiger partial charge < -0.3 is 10.0 Å². The standard InChI is InChI=1S/C18H25ClN4O2/c1-3-22(11-12-24)10-4-5-14(2)23(21-25)18-8-9-20-17-13-15(19)6-7-16(17)18/h6-9,13-14,24H,3-5,10-12H2,1-2H3. The summed E-state index contributed by atoms with van der Waals surface area (Å²) < 4.78 is 0. The Hall–Kier alpha value is -1.76. The van der Waals surface area contributed by atoms with Crippen LogP contribution in [0, 0.1) is 4.91 Å². The molecule has 0 amide bonds. The molecule has 0 aliphatic heterocycles. The monoisotopic (exact) mass is 364 g/mol. The fourth-order valence-electron chi connectivity index (χ4n) is 2.97. The molecule has 1 unspecified atom stereocenters. The molecular weight excluding hydrogens is 340 g/mol. The minimum atomic E-state index is -0.0355. The fourth-order valence-corrected chi connectivity index (χ4v) is 3.14. The van der Waals surface area contributed by atoms with E-state index in [1.165, 1.54) is 5.01 Å². The number of nitroso groups, excluding NO2 is 1. The molecule has 2 rings (SSSR count). The van der Waals surface area contributed by atoms with E-state index >= 15 is 0 Å². The highest BCUT2D eigenvalue weighted by Crippen LogP contribution is 2.29. The van der Waals surface area contributed by atoms with Crippen molar-refractivity contribution in [3.63, 3.8) is 0 Å². The number of aliphatic hydroxyl groups excluding tert-OH is 1. The number of rotatable bonds is 10. The molecule has 1 aromatic carbocycles. The third-order valence-corrected chi connectivity index (χ3v) is 4.63. The summed E-state index contributed by atoms with van der Waals surface area (Å²) in [4.78, 5) is 18.0. The molecular formula is C18H25ClN4O2. The Labute approximate surface area is 153 Å². The topological polar surface area (TPSA) is 69.0 Å². The fraction of sp³-hybridized carbons (Fsp3) is 0.500. The van der Waals surface area contributed by atoms with E-state index in [1.54, 1.807) is 24.4 Å². The van der Waals surface area contributed by atoms with Crippen LogP contribution in [0.15, 0.2) is 35.7 Å². The number of halogens is 1. The van der Waals surface area contributed by atoms with Crippen molar-refractivity contribution < 1.29 is 5.11 Å². The van der Waals surface area contributed by atoms with Crippen molar-refractivity contribution in [2.75, 3.05) is 31.3 Å². The third-order valence-electron chi connectivity index (χ3n) is 4.39. The second kappa shape index (κ2) is 9.65. The maximum atomic E-state index is 11.5. The summed E-state index contributed by atoms with van der Waals surface area (Å²) in [5, 5.41) is 15.3. The number of anilines is 1. The van der Waals surface area contributed by atoms with E-state index in [-0.39, 0.29) is 12.6 Å². The van der Waals surface area contributed by atoms with Crippen LogP contribution in [-0.2, 0) is 0 Å². The number of hydrogen-bond donors (Lipinski definition) is 1. The van der Waals surface area contributed by atoms with Gasteiger partial charge >= 0.3 is 0 Å². The van der Waals surface area contributed by atoms with Crippen molar-refractivity contribution in [3.8, 4) is 0 Å². The summed E-state index contributed by atoms with van der Waals surface area (Å²) in [7, 11) is 0. The van der Waals surface area contributed by atoms with Gasteiger partial charge in [-0.25, -0.2) is 5.01 Å². The Balaban J connectivity index is 2.10. The number of nitrogens with zero attached hydrogens (tertiary/aromatic N) is 4. The molecule has 25 heavy (non-hydrogen) atoms. The molecule has 0 spiro atoms. The van der Waals surface area contributed by atoms with Gasteiger partial charge in [0.05, 0.1) is 29.1 Å². The zero-order chi connectivity index (χ0) is 18.2. The van der Waals surface area contributed by atoms with Crippen molar-refractivity contribution in [1.29, 1.82) is 0 Å². The van der Waals surface area contributed by atoms with Gasteiger partial charge in [0.1, 0.15) is 0 Å². The first kappa shape index (κ1) is 19.6. The number of benzene rings is 1. The molecule has 1 aromatic heterocycles. The summed E-state index contributed by atoms with van der Waals surface area (Å²) in [5.74, 6) is 0. The molecule has 0 saturated carbocycles. The molecule has 2 aromatic rings. The second-order valence-corrected chi connectivity index (χ2v) is 6.50. The Morgan fingerprint density at radius 3 is 2.80 bits per heavy atom.